The highest BCUT2D eigenvalue weighted by Crippen LogP contribution is 2.17. The molecule has 23 heavy (non-hydrogen) atoms. The van der Waals surface area contributed by atoms with Crippen molar-refractivity contribution in [2.24, 2.45) is 0 Å². The number of carboxylic acid groups (broad SMARTS) is 1. The lowest BCUT2D eigenvalue weighted by atomic mass is 10.1. The Morgan fingerprint density at radius 1 is 1.04 bits per heavy atom. The second-order valence-electron chi connectivity index (χ2n) is 5.28. The summed E-state index contributed by atoms with van der Waals surface area (Å²) in [5.74, 6) is -0.843. The largest absolute Gasteiger partial charge is 0.489 e. The molecule has 0 saturated heterocycles. The zero-order valence-corrected chi connectivity index (χ0v) is 13.1. The fourth-order valence-corrected chi connectivity index (χ4v) is 2.08. The molecule has 2 rings (SSSR count). The van der Waals surface area contributed by atoms with Gasteiger partial charge in [0.05, 0.1) is 0 Å². The molecule has 0 amide bonds. The average molecular weight is 310 g/mol. The lowest BCUT2D eigenvalue weighted by molar-refractivity contribution is -0.131. The Bertz CT molecular complexity index is 742. The number of benzene rings is 2. The van der Waals surface area contributed by atoms with E-state index in [0.717, 1.165) is 17.7 Å². The van der Waals surface area contributed by atoms with Gasteiger partial charge in [0.15, 0.2) is 5.78 Å². The number of carbonyl (C=O) groups is 2. The van der Waals surface area contributed by atoms with Crippen molar-refractivity contribution < 1.29 is 19.4 Å². The third-order valence-corrected chi connectivity index (χ3v) is 3.42. The van der Waals surface area contributed by atoms with Gasteiger partial charge < -0.3 is 9.84 Å². The molecule has 4 heteroatoms. The van der Waals surface area contributed by atoms with E-state index in [2.05, 4.69) is 18.2 Å². The summed E-state index contributed by atoms with van der Waals surface area (Å²) in [6.45, 7) is 4.53. The van der Waals surface area contributed by atoms with Crippen LogP contribution in [0.4, 0.5) is 0 Å². The quantitative estimate of drug-likeness (QED) is 0.652. The Morgan fingerprint density at radius 2 is 1.74 bits per heavy atom. The van der Waals surface area contributed by atoms with E-state index in [-0.39, 0.29) is 5.78 Å². The van der Waals surface area contributed by atoms with Crippen molar-refractivity contribution in [2.75, 3.05) is 0 Å². The van der Waals surface area contributed by atoms with Crippen LogP contribution in [0, 0.1) is 13.8 Å². The minimum atomic E-state index is -1.15. The number of hydrogen-bond acceptors (Lipinski definition) is 3. The van der Waals surface area contributed by atoms with Gasteiger partial charge in [0.2, 0.25) is 0 Å². The molecule has 118 valence electrons. The highest BCUT2D eigenvalue weighted by molar-refractivity contribution is 6.06. The SMILES string of the molecule is Cc1ccc(C)c(COc2ccc(C(=O)/C=C/C(=O)O)cc2)c1. The van der Waals surface area contributed by atoms with Crippen LogP contribution in [0.3, 0.4) is 0 Å². The molecule has 0 spiro atoms. The van der Waals surface area contributed by atoms with Gasteiger partial charge in [-0.25, -0.2) is 4.79 Å². The topological polar surface area (TPSA) is 63.6 Å². The van der Waals surface area contributed by atoms with Crippen LogP contribution in [0.1, 0.15) is 27.0 Å². The number of ketones is 1. The van der Waals surface area contributed by atoms with E-state index in [9.17, 15) is 9.59 Å². The van der Waals surface area contributed by atoms with Crippen molar-refractivity contribution in [1.29, 1.82) is 0 Å². The number of ether oxygens (including phenoxy) is 1. The van der Waals surface area contributed by atoms with Crippen LogP contribution in [0.5, 0.6) is 5.75 Å². The van der Waals surface area contributed by atoms with E-state index in [1.54, 1.807) is 24.3 Å². The van der Waals surface area contributed by atoms with E-state index in [1.165, 1.54) is 11.1 Å². The Balaban J connectivity index is 2.01. The summed E-state index contributed by atoms with van der Waals surface area (Å²) in [7, 11) is 0. The van der Waals surface area contributed by atoms with Crippen molar-refractivity contribution >= 4 is 11.8 Å². The highest BCUT2D eigenvalue weighted by atomic mass is 16.5. The minimum Gasteiger partial charge on any atom is -0.489 e. The molecular weight excluding hydrogens is 292 g/mol. The lowest BCUT2D eigenvalue weighted by Gasteiger charge is -2.10. The fourth-order valence-electron chi connectivity index (χ4n) is 2.08. The summed E-state index contributed by atoms with van der Waals surface area (Å²) in [6, 6.07) is 12.8. The normalized spacial score (nSPS) is 10.7. The average Bonchev–Trinajstić information content (AvgIpc) is 2.54. The van der Waals surface area contributed by atoms with Gasteiger partial charge in [-0.3, -0.25) is 4.79 Å². The van der Waals surface area contributed by atoms with E-state index in [0.29, 0.717) is 17.9 Å². The Morgan fingerprint density at radius 3 is 2.39 bits per heavy atom. The molecule has 0 aliphatic heterocycles. The van der Waals surface area contributed by atoms with Gasteiger partial charge in [0, 0.05) is 11.6 Å². The van der Waals surface area contributed by atoms with Gasteiger partial charge >= 0.3 is 5.97 Å². The van der Waals surface area contributed by atoms with E-state index in [1.807, 2.05) is 13.8 Å². The molecular formula is C19H18O4. The zero-order valence-electron chi connectivity index (χ0n) is 13.1. The summed E-state index contributed by atoms with van der Waals surface area (Å²) >= 11 is 0. The summed E-state index contributed by atoms with van der Waals surface area (Å²) < 4.78 is 5.74. The molecule has 4 nitrogen and oxygen atoms in total. The summed E-state index contributed by atoms with van der Waals surface area (Å²) in [5.41, 5.74) is 3.89. The van der Waals surface area contributed by atoms with Crippen LogP contribution < -0.4 is 4.74 Å². The Hall–Kier alpha value is -2.88. The molecule has 0 aliphatic carbocycles. The van der Waals surface area contributed by atoms with Gasteiger partial charge in [-0.05, 0) is 55.3 Å². The molecule has 1 N–H and O–H groups in total. The van der Waals surface area contributed by atoms with Crippen LogP contribution in [-0.4, -0.2) is 16.9 Å². The van der Waals surface area contributed by atoms with Gasteiger partial charge in [0.25, 0.3) is 0 Å². The summed E-state index contributed by atoms with van der Waals surface area (Å²) in [5, 5.41) is 8.51. The van der Waals surface area contributed by atoms with Crippen molar-refractivity contribution in [3.8, 4) is 5.75 Å². The Labute approximate surface area is 135 Å². The number of hydrogen-bond donors (Lipinski definition) is 1. The molecule has 0 saturated carbocycles. The standard InChI is InChI=1S/C19H18O4/c1-13-3-4-14(2)16(11-13)12-23-17-7-5-15(6-8-17)18(20)9-10-19(21)22/h3-11H,12H2,1-2H3,(H,21,22)/b10-9+. The van der Waals surface area contributed by atoms with Crippen LogP contribution in [0.2, 0.25) is 0 Å². The number of carboxylic acids is 1. The third-order valence-electron chi connectivity index (χ3n) is 3.42. The van der Waals surface area contributed by atoms with Crippen molar-refractivity contribution in [3.05, 3.63) is 76.9 Å². The van der Waals surface area contributed by atoms with Crippen molar-refractivity contribution in [2.45, 2.75) is 20.5 Å². The molecule has 0 unspecified atom stereocenters. The molecule has 0 aromatic heterocycles. The second kappa shape index (κ2) is 7.40. The molecule has 2 aromatic carbocycles. The minimum absolute atomic E-state index is 0.353. The monoisotopic (exact) mass is 310 g/mol. The maximum Gasteiger partial charge on any atom is 0.328 e. The maximum absolute atomic E-state index is 11.7. The zero-order chi connectivity index (χ0) is 16.8. The van der Waals surface area contributed by atoms with Gasteiger partial charge in [-0.15, -0.1) is 0 Å². The van der Waals surface area contributed by atoms with Crippen LogP contribution in [0.15, 0.2) is 54.6 Å². The highest BCUT2D eigenvalue weighted by Gasteiger charge is 2.04. The predicted molar refractivity (Wildman–Crippen MR) is 87.8 cm³/mol. The molecule has 0 aliphatic rings. The van der Waals surface area contributed by atoms with Gasteiger partial charge in [0.1, 0.15) is 12.4 Å². The molecule has 0 bridgehead atoms. The van der Waals surface area contributed by atoms with Crippen LogP contribution in [0.25, 0.3) is 0 Å². The lowest BCUT2D eigenvalue weighted by Crippen LogP contribution is -2.00. The first-order chi connectivity index (χ1) is 11.0. The predicted octanol–water partition coefficient (Wildman–Crippen LogP) is 3.71. The van der Waals surface area contributed by atoms with Gasteiger partial charge in [-0.2, -0.15) is 0 Å². The van der Waals surface area contributed by atoms with Crippen molar-refractivity contribution in [3.63, 3.8) is 0 Å². The van der Waals surface area contributed by atoms with Crippen LogP contribution in [-0.2, 0) is 11.4 Å². The maximum atomic E-state index is 11.7. The number of rotatable bonds is 6. The number of aryl methyl sites for hydroxylation is 2. The van der Waals surface area contributed by atoms with E-state index >= 15 is 0 Å². The smallest absolute Gasteiger partial charge is 0.328 e. The number of carbonyl (C=O) groups excluding carboxylic acids is 1. The Kier molecular flexibility index (Phi) is 5.31. The van der Waals surface area contributed by atoms with E-state index in [4.69, 9.17) is 9.84 Å². The molecule has 0 atom stereocenters. The van der Waals surface area contributed by atoms with Gasteiger partial charge in [-0.1, -0.05) is 23.8 Å². The first-order valence-corrected chi connectivity index (χ1v) is 7.20. The van der Waals surface area contributed by atoms with Crippen molar-refractivity contribution in [1.82, 2.24) is 0 Å². The van der Waals surface area contributed by atoms with Crippen LogP contribution >= 0.6 is 0 Å². The molecule has 0 fully saturated rings. The third kappa shape index (κ3) is 4.81. The first-order valence-electron chi connectivity index (χ1n) is 7.20. The first kappa shape index (κ1) is 16.5. The molecule has 2 aromatic rings. The molecule has 0 heterocycles. The summed E-state index contributed by atoms with van der Waals surface area (Å²) in [4.78, 5) is 22.1. The fraction of sp³-hybridized carbons (Fsp3) is 0.158. The number of allylic oxidation sites excluding steroid dienone is 1. The number of aliphatic carboxylic acids is 1. The van der Waals surface area contributed by atoms with E-state index < -0.39 is 5.97 Å². The molecule has 0 radical (unpaired) electrons. The second-order valence-corrected chi connectivity index (χ2v) is 5.28. The summed E-state index contributed by atoms with van der Waals surface area (Å²) in [6.07, 6.45) is 1.86.